The van der Waals surface area contributed by atoms with E-state index in [2.05, 4.69) is 104 Å². The minimum Gasteiger partial charge on any atom is -0.756 e. The quantitative estimate of drug-likeness (QED) is 0.0280. The summed E-state index contributed by atoms with van der Waals surface area (Å²) in [5, 5.41) is 13.7. The second-order valence-electron chi connectivity index (χ2n) is 15.3. The predicted molar refractivity (Wildman–Crippen MR) is 242 cm³/mol. The average molecular weight is 813 g/mol. The Balaban J connectivity index is 4.69. The topological polar surface area (TPSA) is 108 Å². The Hall–Kier alpha value is -2.84. The molecular formula is C48H81N2O6P. The van der Waals surface area contributed by atoms with Crippen molar-refractivity contribution in [3.8, 4) is 0 Å². The van der Waals surface area contributed by atoms with Crippen molar-refractivity contribution in [1.82, 2.24) is 5.32 Å². The molecule has 8 nitrogen and oxygen atoms in total. The molecule has 0 aromatic rings. The Morgan fingerprint density at radius 3 is 1.61 bits per heavy atom. The van der Waals surface area contributed by atoms with Crippen molar-refractivity contribution < 1.29 is 32.9 Å². The molecular weight excluding hydrogens is 732 g/mol. The highest BCUT2D eigenvalue weighted by atomic mass is 31.2. The third-order valence-electron chi connectivity index (χ3n) is 8.71. The van der Waals surface area contributed by atoms with E-state index in [0.717, 1.165) is 64.2 Å². The molecule has 0 aromatic carbocycles. The SMILES string of the molecule is CC/C=C\C/C=C\C/C=C\C/C=C\C/C=C\C/C=C\CCC(=O)NC(COP(=O)([O-])OCC[N+](C)(C)C)C(O)/C=C/CC/C=C/CC/C=C/CCCCCCCC. The predicted octanol–water partition coefficient (Wildman–Crippen LogP) is 11.5. The van der Waals surface area contributed by atoms with Crippen molar-refractivity contribution >= 4 is 13.7 Å². The highest BCUT2D eigenvalue weighted by Crippen LogP contribution is 2.38. The highest BCUT2D eigenvalue weighted by molar-refractivity contribution is 7.45. The average Bonchev–Trinajstić information content (AvgIpc) is 3.16. The summed E-state index contributed by atoms with van der Waals surface area (Å²) in [5.41, 5.74) is 0. The van der Waals surface area contributed by atoms with Crippen LogP contribution < -0.4 is 10.2 Å². The minimum absolute atomic E-state index is 0.0291. The lowest BCUT2D eigenvalue weighted by Gasteiger charge is -2.29. The fourth-order valence-electron chi connectivity index (χ4n) is 5.26. The van der Waals surface area contributed by atoms with Crippen molar-refractivity contribution in [2.45, 2.75) is 148 Å². The number of hydrogen-bond donors (Lipinski definition) is 2. The van der Waals surface area contributed by atoms with Crippen LogP contribution in [0.2, 0.25) is 0 Å². The van der Waals surface area contributed by atoms with Crippen LogP contribution in [0, 0.1) is 0 Å². The van der Waals surface area contributed by atoms with Gasteiger partial charge in [-0.15, -0.1) is 0 Å². The number of unbranched alkanes of at least 4 members (excludes halogenated alkanes) is 8. The number of likely N-dealkylation sites (N-methyl/N-ethyl adjacent to an activating group) is 1. The summed E-state index contributed by atoms with van der Waals surface area (Å²) in [6.07, 6.45) is 55.8. The van der Waals surface area contributed by atoms with Gasteiger partial charge in [0.25, 0.3) is 7.82 Å². The summed E-state index contributed by atoms with van der Waals surface area (Å²) < 4.78 is 23.1. The second kappa shape index (κ2) is 38.7. The van der Waals surface area contributed by atoms with Crippen LogP contribution in [0.1, 0.15) is 136 Å². The number of nitrogens with one attached hydrogen (secondary N) is 1. The summed E-state index contributed by atoms with van der Waals surface area (Å²) in [6.45, 7) is 4.40. The lowest BCUT2D eigenvalue weighted by molar-refractivity contribution is -0.870. The molecule has 0 aromatic heterocycles. The van der Waals surface area contributed by atoms with E-state index in [-0.39, 0.29) is 18.9 Å². The van der Waals surface area contributed by atoms with Crippen LogP contribution in [-0.2, 0) is 18.4 Å². The van der Waals surface area contributed by atoms with E-state index in [9.17, 15) is 19.4 Å². The number of phosphoric ester groups is 1. The van der Waals surface area contributed by atoms with Crippen LogP contribution in [0.4, 0.5) is 0 Å². The molecule has 9 heteroatoms. The molecule has 0 bridgehead atoms. The molecule has 0 aliphatic rings. The maximum atomic E-state index is 12.8. The van der Waals surface area contributed by atoms with E-state index in [0.29, 0.717) is 23.9 Å². The van der Waals surface area contributed by atoms with Crippen LogP contribution in [0.5, 0.6) is 0 Å². The van der Waals surface area contributed by atoms with Gasteiger partial charge in [-0.1, -0.05) is 155 Å². The lowest BCUT2D eigenvalue weighted by atomic mass is 10.1. The third-order valence-corrected chi connectivity index (χ3v) is 9.67. The number of quaternary nitrogens is 1. The van der Waals surface area contributed by atoms with Crippen molar-refractivity contribution in [1.29, 1.82) is 0 Å². The molecule has 0 fully saturated rings. The van der Waals surface area contributed by atoms with E-state index >= 15 is 0 Å². The van der Waals surface area contributed by atoms with Gasteiger partial charge in [-0.25, -0.2) is 0 Å². The molecule has 0 saturated carbocycles. The van der Waals surface area contributed by atoms with E-state index in [4.69, 9.17) is 9.05 Å². The van der Waals surface area contributed by atoms with Gasteiger partial charge in [0.1, 0.15) is 13.2 Å². The maximum Gasteiger partial charge on any atom is 0.268 e. The van der Waals surface area contributed by atoms with Gasteiger partial charge >= 0.3 is 0 Å². The van der Waals surface area contributed by atoms with Gasteiger partial charge in [0.15, 0.2) is 0 Å². The number of amides is 1. The first-order valence-corrected chi connectivity index (χ1v) is 23.2. The van der Waals surface area contributed by atoms with Gasteiger partial charge in [0.05, 0.1) is 39.9 Å². The molecule has 3 atom stereocenters. The van der Waals surface area contributed by atoms with E-state index in [1.165, 1.54) is 38.5 Å². The second-order valence-corrected chi connectivity index (χ2v) is 16.7. The molecule has 0 rings (SSSR count). The molecule has 0 heterocycles. The van der Waals surface area contributed by atoms with E-state index in [1.807, 2.05) is 39.4 Å². The first-order chi connectivity index (χ1) is 27.5. The molecule has 57 heavy (non-hydrogen) atoms. The summed E-state index contributed by atoms with van der Waals surface area (Å²) in [4.78, 5) is 25.2. The molecule has 0 aliphatic heterocycles. The normalized spacial score (nSPS) is 15.4. The first kappa shape index (κ1) is 54.2. The highest BCUT2D eigenvalue weighted by Gasteiger charge is 2.23. The van der Waals surface area contributed by atoms with Gasteiger partial charge < -0.3 is 28.8 Å². The number of phosphoric acid groups is 1. The van der Waals surface area contributed by atoms with Gasteiger partial charge in [0, 0.05) is 6.42 Å². The molecule has 0 saturated heterocycles. The van der Waals surface area contributed by atoms with E-state index < -0.39 is 26.6 Å². The van der Waals surface area contributed by atoms with Crippen molar-refractivity contribution in [2.75, 3.05) is 40.9 Å². The number of hydrogen-bond acceptors (Lipinski definition) is 6. The molecule has 0 spiro atoms. The molecule has 2 N–H and O–H groups in total. The smallest absolute Gasteiger partial charge is 0.268 e. The van der Waals surface area contributed by atoms with E-state index in [1.54, 1.807) is 6.08 Å². The molecule has 324 valence electrons. The van der Waals surface area contributed by atoms with Crippen molar-refractivity contribution in [3.63, 3.8) is 0 Å². The molecule has 0 aliphatic carbocycles. The number of aliphatic hydroxyl groups excluding tert-OH is 1. The summed E-state index contributed by atoms with van der Waals surface area (Å²) in [6, 6.07) is -0.957. The van der Waals surface area contributed by atoms with Gasteiger partial charge in [-0.3, -0.25) is 9.36 Å². The fourth-order valence-corrected chi connectivity index (χ4v) is 5.99. The number of rotatable bonds is 37. The maximum absolute atomic E-state index is 12.8. The monoisotopic (exact) mass is 813 g/mol. The minimum atomic E-state index is -4.63. The zero-order valence-electron chi connectivity index (χ0n) is 36.5. The summed E-state index contributed by atoms with van der Waals surface area (Å²) >= 11 is 0. The van der Waals surface area contributed by atoms with Gasteiger partial charge in [0.2, 0.25) is 5.91 Å². The number of carbonyl (C=O) groups excluding carboxylic acids is 1. The Kier molecular flexibility index (Phi) is 36.7. The molecule has 3 unspecified atom stereocenters. The molecule has 0 radical (unpaired) electrons. The fraction of sp³-hybridized carbons (Fsp3) is 0.604. The van der Waals surface area contributed by atoms with Crippen LogP contribution in [-0.4, -0.2) is 68.5 Å². The Labute approximate surface area is 349 Å². The van der Waals surface area contributed by atoms with Crippen LogP contribution in [0.3, 0.4) is 0 Å². The number of aliphatic hydroxyl groups is 1. The van der Waals surface area contributed by atoms with Crippen molar-refractivity contribution in [2.24, 2.45) is 0 Å². The number of carbonyl (C=O) groups is 1. The van der Waals surface area contributed by atoms with Gasteiger partial charge in [-0.2, -0.15) is 0 Å². The number of nitrogens with zero attached hydrogens (tertiary/aromatic N) is 1. The van der Waals surface area contributed by atoms with Crippen LogP contribution in [0.25, 0.3) is 0 Å². The van der Waals surface area contributed by atoms with Crippen LogP contribution >= 0.6 is 7.82 Å². The standard InChI is InChI=1S/C48H81N2O6P/c1-6-8-10-12-14-16-18-20-22-24-25-26-28-30-32-34-36-38-40-42-48(52)49-46(45-56-57(53,54)55-44-43-50(3,4)5)47(51)41-39-37-35-33-31-29-27-23-21-19-17-15-13-11-9-7-2/h8,10,14,16,20-23,25-26,30-33,36,38-39,41,46-47,51H,6-7,9,11-13,15,17-19,24,27-29,34-35,37,40,42-45H2,1-5H3,(H-,49,52,53,54)/b10-8-,16-14-,22-20-,23-21+,26-25-,32-30-,33-31+,38-36-,41-39+. The Morgan fingerprint density at radius 1 is 0.632 bits per heavy atom. The first-order valence-electron chi connectivity index (χ1n) is 21.7. The largest absolute Gasteiger partial charge is 0.756 e. The zero-order chi connectivity index (χ0) is 42.1. The van der Waals surface area contributed by atoms with Gasteiger partial charge in [-0.05, 0) is 83.5 Å². The lowest BCUT2D eigenvalue weighted by Crippen LogP contribution is -2.45. The Bertz CT molecular complexity index is 1290. The third kappa shape index (κ3) is 41.1. The zero-order valence-corrected chi connectivity index (χ0v) is 37.4. The Morgan fingerprint density at radius 2 is 1.09 bits per heavy atom. The number of allylic oxidation sites excluding steroid dienone is 17. The van der Waals surface area contributed by atoms with Crippen molar-refractivity contribution in [3.05, 3.63) is 109 Å². The summed E-state index contributed by atoms with van der Waals surface area (Å²) in [7, 11) is 1.17. The summed E-state index contributed by atoms with van der Waals surface area (Å²) in [5.74, 6) is -0.300. The van der Waals surface area contributed by atoms with Crippen LogP contribution in [0.15, 0.2) is 109 Å². The molecule has 1 amide bonds.